The second-order valence-corrected chi connectivity index (χ2v) is 7.94. The molecule has 0 aliphatic rings. The van der Waals surface area contributed by atoms with Crippen molar-refractivity contribution in [1.29, 1.82) is 0 Å². The first kappa shape index (κ1) is 22.8. The third-order valence-corrected chi connectivity index (χ3v) is 5.69. The average molecular weight is 467 g/mol. The minimum atomic E-state index is 0.561. The molecular formula is C26H27ClN2O4. The third kappa shape index (κ3) is 5.01. The number of nitrogens with zero attached hydrogens (tertiary/aromatic N) is 2. The lowest BCUT2D eigenvalue weighted by Gasteiger charge is -2.15. The monoisotopic (exact) mass is 466 g/mol. The number of imidazole rings is 1. The zero-order valence-corrected chi connectivity index (χ0v) is 19.8. The topological polar surface area (TPSA) is 54.7 Å². The second kappa shape index (κ2) is 10.5. The minimum absolute atomic E-state index is 0.561. The van der Waals surface area contributed by atoms with Gasteiger partial charge < -0.3 is 23.5 Å². The van der Waals surface area contributed by atoms with Gasteiger partial charge in [0, 0.05) is 17.1 Å². The van der Waals surface area contributed by atoms with Crippen molar-refractivity contribution < 1.29 is 18.9 Å². The normalized spacial score (nSPS) is 10.9. The van der Waals surface area contributed by atoms with E-state index < -0.39 is 0 Å². The van der Waals surface area contributed by atoms with Crippen LogP contribution < -0.4 is 18.9 Å². The van der Waals surface area contributed by atoms with Gasteiger partial charge in [-0.2, -0.15) is 0 Å². The molecule has 0 saturated heterocycles. The number of aromatic nitrogens is 2. The first-order valence-electron chi connectivity index (χ1n) is 10.8. The first-order chi connectivity index (χ1) is 16.1. The van der Waals surface area contributed by atoms with Crippen LogP contribution in [0.15, 0.2) is 60.7 Å². The van der Waals surface area contributed by atoms with Crippen LogP contribution in [0.5, 0.6) is 23.0 Å². The van der Waals surface area contributed by atoms with E-state index in [9.17, 15) is 0 Å². The SMILES string of the molecule is COc1cc(-c2nc3ccccc3n2CCCCOc2ccc(Cl)cc2)cc(OC)c1OC. The van der Waals surface area contributed by atoms with Gasteiger partial charge in [-0.15, -0.1) is 0 Å². The Labute approximate surface area is 198 Å². The molecule has 0 unspecified atom stereocenters. The van der Waals surface area contributed by atoms with Gasteiger partial charge in [-0.05, 0) is 61.4 Å². The maximum Gasteiger partial charge on any atom is 0.203 e. The largest absolute Gasteiger partial charge is 0.494 e. The van der Waals surface area contributed by atoms with Crippen molar-refractivity contribution in [1.82, 2.24) is 9.55 Å². The minimum Gasteiger partial charge on any atom is -0.494 e. The number of rotatable bonds is 10. The van der Waals surface area contributed by atoms with Gasteiger partial charge in [0.2, 0.25) is 5.75 Å². The van der Waals surface area contributed by atoms with Crippen molar-refractivity contribution in [2.45, 2.75) is 19.4 Å². The molecule has 7 heteroatoms. The van der Waals surface area contributed by atoms with Crippen molar-refractivity contribution in [2.24, 2.45) is 0 Å². The van der Waals surface area contributed by atoms with E-state index in [0.717, 1.165) is 47.6 Å². The molecule has 0 fully saturated rings. The molecule has 0 atom stereocenters. The molecule has 0 spiro atoms. The molecule has 0 radical (unpaired) electrons. The Balaban J connectivity index is 1.57. The summed E-state index contributed by atoms with van der Waals surface area (Å²) in [5.74, 6) is 3.44. The second-order valence-electron chi connectivity index (χ2n) is 7.50. The van der Waals surface area contributed by atoms with Crippen LogP contribution in [0.3, 0.4) is 0 Å². The number of halogens is 1. The summed E-state index contributed by atoms with van der Waals surface area (Å²) in [6.07, 6.45) is 1.84. The molecule has 0 amide bonds. The Bertz CT molecular complexity index is 1200. The highest BCUT2D eigenvalue weighted by molar-refractivity contribution is 6.30. The lowest BCUT2D eigenvalue weighted by atomic mass is 10.1. The van der Waals surface area contributed by atoms with Crippen LogP contribution in [-0.4, -0.2) is 37.5 Å². The molecule has 6 nitrogen and oxygen atoms in total. The van der Waals surface area contributed by atoms with E-state index in [-0.39, 0.29) is 0 Å². The first-order valence-corrected chi connectivity index (χ1v) is 11.2. The molecule has 4 rings (SSSR count). The van der Waals surface area contributed by atoms with Crippen LogP contribution in [0.4, 0.5) is 0 Å². The van der Waals surface area contributed by atoms with E-state index in [0.29, 0.717) is 28.9 Å². The standard InChI is InChI=1S/C26H27ClN2O4/c1-30-23-16-18(17-24(31-2)25(23)32-3)26-28-21-8-4-5-9-22(21)29(26)14-6-7-15-33-20-12-10-19(27)11-13-20/h4-5,8-13,16-17H,6-7,14-15H2,1-3H3. The van der Waals surface area contributed by atoms with Gasteiger partial charge in [0.15, 0.2) is 11.5 Å². The highest BCUT2D eigenvalue weighted by atomic mass is 35.5. The Morgan fingerprint density at radius 1 is 0.848 bits per heavy atom. The zero-order chi connectivity index (χ0) is 23.2. The van der Waals surface area contributed by atoms with Crippen LogP contribution in [0.25, 0.3) is 22.4 Å². The molecule has 3 aromatic carbocycles. The van der Waals surface area contributed by atoms with Crippen LogP contribution in [-0.2, 0) is 6.54 Å². The highest BCUT2D eigenvalue weighted by Crippen LogP contribution is 2.41. The molecule has 0 aliphatic carbocycles. The summed E-state index contributed by atoms with van der Waals surface area (Å²) in [4.78, 5) is 4.91. The zero-order valence-electron chi connectivity index (χ0n) is 19.0. The van der Waals surface area contributed by atoms with E-state index in [4.69, 9.17) is 35.5 Å². The van der Waals surface area contributed by atoms with Crippen LogP contribution >= 0.6 is 11.6 Å². The van der Waals surface area contributed by atoms with Crippen molar-refractivity contribution in [3.8, 4) is 34.4 Å². The molecule has 33 heavy (non-hydrogen) atoms. The van der Waals surface area contributed by atoms with Gasteiger partial charge in [-0.3, -0.25) is 0 Å². The van der Waals surface area contributed by atoms with Gasteiger partial charge >= 0.3 is 0 Å². The molecule has 1 aromatic heterocycles. The number of para-hydroxylation sites is 2. The van der Waals surface area contributed by atoms with Crippen LogP contribution in [0, 0.1) is 0 Å². The fourth-order valence-electron chi connectivity index (χ4n) is 3.83. The maximum absolute atomic E-state index is 5.93. The molecule has 1 heterocycles. The molecule has 0 N–H and O–H groups in total. The fraction of sp³-hybridized carbons (Fsp3) is 0.269. The van der Waals surface area contributed by atoms with E-state index in [2.05, 4.69) is 10.6 Å². The summed E-state index contributed by atoms with van der Waals surface area (Å²) >= 11 is 5.93. The van der Waals surface area contributed by atoms with E-state index >= 15 is 0 Å². The average Bonchev–Trinajstić information content (AvgIpc) is 3.22. The van der Waals surface area contributed by atoms with Gasteiger partial charge in [0.05, 0.1) is 39.0 Å². The number of aryl methyl sites for hydroxylation is 1. The van der Waals surface area contributed by atoms with Crippen LogP contribution in [0.1, 0.15) is 12.8 Å². The number of hydrogen-bond donors (Lipinski definition) is 0. The van der Waals surface area contributed by atoms with Crippen molar-refractivity contribution >= 4 is 22.6 Å². The van der Waals surface area contributed by atoms with Gasteiger partial charge in [0.25, 0.3) is 0 Å². The third-order valence-electron chi connectivity index (χ3n) is 5.44. The van der Waals surface area contributed by atoms with Gasteiger partial charge in [0.1, 0.15) is 11.6 Å². The summed E-state index contributed by atoms with van der Waals surface area (Å²) < 4.78 is 24.6. The Kier molecular flexibility index (Phi) is 7.25. The summed E-state index contributed by atoms with van der Waals surface area (Å²) in [6, 6.07) is 19.4. The molecule has 172 valence electrons. The van der Waals surface area contributed by atoms with Gasteiger partial charge in [-0.1, -0.05) is 23.7 Å². The summed E-state index contributed by atoms with van der Waals surface area (Å²) in [7, 11) is 4.83. The van der Waals surface area contributed by atoms with Crippen LogP contribution in [0.2, 0.25) is 5.02 Å². The molecule has 4 aromatic rings. The van der Waals surface area contributed by atoms with Crippen molar-refractivity contribution in [3.63, 3.8) is 0 Å². The molecular weight excluding hydrogens is 440 g/mol. The predicted molar refractivity (Wildman–Crippen MR) is 131 cm³/mol. The fourth-order valence-corrected chi connectivity index (χ4v) is 3.95. The number of benzene rings is 3. The summed E-state index contributed by atoms with van der Waals surface area (Å²) in [5, 5.41) is 0.702. The molecule has 0 bridgehead atoms. The summed E-state index contributed by atoms with van der Waals surface area (Å²) in [6.45, 7) is 1.43. The van der Waals surface area contributed by atoms with E-state index in [1.54, 1.807) is 21.3 Å². The lowest BCUT2D eigenvalue weighted by molar-refractivity contribution is 0.303. The van der Waals surface area contributed by atoms with Crippen molar-refractivity contribution in [3.05, 3.63) is 65.7 Å². The highest BCUT2D eigenvalue weighted by Gasteiger charge is 2.18. The Morgan fingerprint density at radius 2 is 1.55 bits per heavy atom. The number of hydrogen-bond acceptors (Lipinski definition) is 5. The van der Waals surface area contributed by atoms with Gasteiger partial charge in [-0.25, -0.2) is 4.98 Å². The van der Waals surface area contributed by atoms with E-state index in [1.165, 1.54) is 0 Å². The maximum atomic E-state index is 5.93. The molecule has 0 aliphatic heterocycles. The lowest BCUT2D eigenvalue weighted by Crippen LogP contribution is -2.04. The predicted octanol–water partition coefficient (Wildman–Crippen LogP) is 6.24. The Hall–Kier alpha value is -3.38. The number of fused-ring (bicyclic) bond motifs is 1. The molecule has 0 saturated carbocycles. The smallest absolute Gasteiger partial charge is 0.203 e. The quantitative estimate of drug-likeness (QED) is 0.259. The van der Waals surface area contributed by atoms with E-state index in [1.807, 2.05) is 54.6 Å². The number of unbranched alkanes of at least 4 members (excludes halogenated alkanes) is 1. The summed E-state index contributed by atoms with van der Waals surface area (Å²) in [5.41, 5.74) is 2.93. The van der Waals surface area contributed by atoms with Crippen molar-refractivity contribution in [2.75, 3.05) is 27.9 Å². The number of ether oxygens (including phenoxy) is 4. The number of methoxy groups -OCH3 is 3. The Morgan fingerprint density at radius 3 is 2.21 bits per heavy atom.